The van der Waals surface area contributed by atoms with Gasteiger partial charge in [-0.1, -0.05) is 17.3 Å². The predicted octanol–water partition coefficient (Wildman–Crippen LogP) is 3.54. The van der Waals surface area contributed by atoms with Gasteiger partial charge in [0, 0.05) is 50.0 Å². The molecule has 0 spiro atoms. The molecule has 3 heterocycles. The molecule has 0 amide bonds. The van der Waals surface area contributed by atoms with Gasteiger partial charge in [-0.25, -0.2) is 9.97 Å². The van der Waals surface area contributed by atoms with E-state index < -0.39 is 0 Å². The van der Waals surface area contributed by atoms with Gasteiger partial charge in [-0.15, -0.1) is 0 Å². The summed E-state index contributed by atoms with van der Waals surface area (Å²) >= 11 is 0. The molecule has 2 aliphatic rings. The Bertz CT molecular complexity index is 1020. The number of likely N-dealkylation sites (N-methyl/N-ethyl adjacent to an activating group) is 1. The monoisotopic (exact) mass is 466 g/mol. The van der Waals surface area contributed by atoms with Crippen LogP contribution < -0.4 is 16.0 Å². The fourth-order valence-corrected chi connectivity index (χ4v) is 4.64. The highest BCUT2D eigenvalue weighted by molar-refractivity contribution is 5.90. The molecule has 0 bridgehead atoms. The van der Waals surface area contributed by atoms with Crippen LogP contribution in [0.4, 0.5) is 5.82 Å². The molecule has 1 aromatic carbocycles. The zero-order chi connectivity index (χ0) is 24.1. The fourth-order valence-electron chi connectivity index (χ4n) is 4.64. The number of nitrogens with zero attached hydrogens (tertiary/aromatic N) is 3. The van der Waals surface area contributed by atoms with Crippen LogP contribution in [0.15, 0.2) is 23.4 Å². The second kappa shape index (κ2) is 11.3. The molecule has 1 fully saturated rings. The van der Waals surface area contributed by atoms with Crippen LogP contribution in [-0.4, -0.2) is 61.2 Å². The van der Waals surface area contributed by atoms with Gasteiger partial charge in [0.1, 0.15) is 11.9 Å². The molecule has 2 atom stereocenters. The second-order valence-electron chi connectivity index (χ2n) is 9.39. The van der Waals surface area contributed by atoms with Gasteiger partial charge in [0.15, 0.2) is 5.82 Å². The summed E-state index contributed by atoms with van der Waals surface area (Å²) in [6, 6.07) is 6.89. The van der Waals surface area contributed by atoms with Crippen molar-refractivity contribution >= 4 is 11.5 Å². The lowest BCUT2D eigenvalue weighted by molar-refractivity contribution is 0.0896. The molecule has 1 saturated heterocycles. The standard InChI is InChI=1S/C26H38N6O2/c1-16-6-7-20(15-28-11-10-27-5)14-22(16)26-30-24(23-18(3)32-34-19(23)4)17(2)25(31-26)29-21-8-12-33-13-9-21/h6-7,14,19,21,23,27-28H,8-13,15H2,1-5H3,(H,29,30,31). The first-order valence-electron chi connectivity index (χ1n) is 12.4. The Morgan fingerprint density at radius 2 is 1.85 bits per heavy atom. The number of anilines is 1. The molecule has 2 aliphatic heterocycles. The molecule has 3 N–H and O–H groups in total. The van der Waals surface area contributed by atoms with Crippen molar-refractivity contribution in [3.8, 4) is 11.4 Å². The topological polar surface area (TPSA) is 92.7 Å². The maximum absolute atomic E-state index is 5.61. The Morgan fingerprint density at radius 3 is 2.56 bits per heavy atom. The lowest BCUT2D eigenvalue weighted by atomic mass is 9.92. The van der Waals surface area contributed by atoms with Crippen LogP contribution in [0, 0.1) is 13.8 Å². The number of rotatable bonds is 9. The third kappa shape index (κ3) is 5.56. The Hall–Kier alpha value is -2.55. The van der Waals surface area contributed by atoms with E-state index in [-0.39, 0.29) is 12.0 Å². The molecule has 184 valence electrons. The van der Waals surface area contributed by atoms with Crippen LogP contribution in [0.25, 0.3) is 11.4 Å². The lowest BCUT2D eigenvalue weighted by Gasteiger charge is -2.26. The highest BCUT2D eigenvalue weighted by Crippen LogP contribution is 2.35. The van der Waals surface area contributed by atoms with Crippen molar-refractivity contribution in [3.05, 3.63) is 40.6 Å². The number of oxime groups is 1. The SMILES string of the molecule is CNCCNCc1ccc(C)c(-c2nc(NC3CCOCC3)c(C)c(C3C(C)=NOC3C)n2)c1. The lowest BCUT2D eigenvalue weighted by Crippen LogP contribution is -2.29. The highest BCUT2D eigenvalue weighted by Gasteiger charge is 2.34. The zero-order valence-corrected chi connectivity index (χ0v) is 21.1. The van der Waals surface area contributed by atoms with Crippen molar-refractivity contribution in [1.82, 2.24) is 20.6 Å². The van der Waals surface area contributed by atoms with Crippen molar-refractivity contribution in [2.45, 2.75) is 65.1 Å². The van der Waals surface area contributed by atoms with Crippen LogP contribution in [0.2, 0.25) is 0 Å². The molecule has 0 aliphatic carbocycles. The first-order valence-corrected chi connectivity index (χ1v) is 12.4. The Morgan fingerprint density at radius 1 is 1.06 bits per heavy atom. The molecule has 2 unspecified atom stereocenters. The maximum atomic E-state index is 5.61. The maximum Gasteiger partial charge on any atom is 0.162 e. The van der Waals surface area contributed by atoms with E-state index in [4.69, 9.17) is 19.5 Å². The van der Waals surface area contributed by atoms with Gasteiger partial charge in [-0.05, 0) is 64.8 Å². The summed E-state index contributed by atoms with van der Waals surface area (Å²) in [7, 11) is 1.96. The van der Waals surface area contributed by atoms with Crippen molar-refractivity contribution in [1.29, 1.82) is 0 Å². The summed E-state index contributed by atoms with van der Waals surface area (Å²) in [5, 5.41) is 14.6. The van der Waals surface area contributed by atoms with Gasteiger partial charge < -0.3 is 25.5 Å². The number of aromatic nitrogens is 2. The second-order valence-corrected chi connectivity index (χ2v) is 9.39. The molecule has 34 heavy (non-hydrogen) atoms. The van der Waals surface area contributed by atoms with Crippen LogP contribution in [0.5, 0.6) is 0 Å². The number of benzene rings is 1. The molecule has 8 nitrogen and oxygen atoms in total. The molecular weight excluding hydrogens is 428 g/mol. The summed E-state index contributed by atoms with van der Waals surface area (Å²) in [5.74, 6) is 1.66. The highest BCUT2D eigenvalue weighted by atomic mass is 16.6. The average Bonchev–Trinajstić information content (AvgIpc) is 3.17. The molecule has 0 radical (unpaired) electrons. The van der Waals surface area contributed by atoms with Gasteiger partial charge in [-0.3, -0.25) is 0 Å². The predicted molar refractivity (Wildman–Crippen MR) is 136 cm³/mol. The van der Waals surface area contributed by atoms with Crippen molar-refractivity contribution in [3.63, 3.8) is 0 Å². The smallest absolute Gasteiger partial charge is 0.162 e. The van der Waals surface area contributed by atoms with Crippen molar-refractivity contribution < 1.29 is 9.57 Å². The Labute approximate surface area is 202 Å². The van der Waals surface area contributed by atoms with E-state index in [0.717, 1.165) is 85.4 Å². The summed E-state index contributed by atoms with van der Waals surface area (Å²) in [4.78, 5) is 15.8. The van der Waals surface area contributed by atoms with Crippen LogP contribution in [0.1, 0.15) is 55.0 Å². The fraction of sp³-hybridized carbons (Fsp3) is 0.577. The number of hydrogen-bond donors (Lipinski definition) is 3. The van der Waals surface area contributed by atoms with Gasteiger partial charge >= 0.3 is 0 Å². The van der Waals surface area contributed by atoms with E-state index in [2.05, 4.69) is 60.1 Å². The largest absolute Gasteiger partial charge is 0.392 e. The van der Waals surface area contributed by atoms with Crippen LogP contribution >= 0.6 is 0 Å². The van der Waals surface area contributed by atoms with E-state index in [1.54, 1.807) is 0 Å². The van der Waals surface area contributed by atoms with E-state index in [1.165, 1.54) is 5.56 Å². The third-order valence-electron chi connectivity index (χ3n) is 6.75. The summed E-state index contributed by atoms with van der Waals surface area (Å²) in [5.41, 5.74) is 6.45. The third-order valence-corrected chi connectivity index (χ3v) is 6.75. The van der Waals surface area contributed by atoms with E-state index in [9.17, 15) is 0 Å². The van der Waals surface area contributed by atoms with Gasteiger partial charge in [0.2, 0.25) is 0 Å². The van der Waals surface area contributed by atoms with Gasteiger partial charge in [0.05, 0.1) is 17.3 Å². The number of aryl methyl sites for hydroxylation is 1. The van der Waals surface area contributed by atoms with E-state index in [0.29, 0.717) is 6.04 Å². The quantitative estimate of drug-likeness (QED) is 0.487. The zero-order valence-electron chi connectivity index (χ0n) is 21.1. The summed E-state index contributed by atoms with van der Waals surface area (Å²) in [6.07, 6.45) is 1.90. The number of hydrogen-bond acceptors (Lipinski definition) is 8. The van der Waals surface area contributed by atoms with Crippen LogP contribution in [-0.2, 0) is 16.1 Å². The number of nitrogens with one attached hydrogen (secondary N) is 3. The number of ether oxygens (including phenoxy) is 1. The minimum Gasteiger partial charge on any atom is -0.392 e. The van der Waals surface area contributed by atoms with Gasteiger partial charge in [0.25, 0.3) is 0 Å². The first-order chi connectivity index (χ1) is 16.5. The van der Waals surface area contributed by atoms with Gasteiger partial charge in [-0.2, -0.15) is 0 Å². The Balaban J connectivity index is 1.72. The first kappa shape index (κ1) is 24.6. The summed E-state index contributed by atoms with van der Waals surface area (Å²) in [6.45, 7) is 12.5. The molecule has 4 rings (SSSR count). The molecule has 8 heteroatoms. The minimum absolute atomic E-state index is 0.0173. The normalized spacial score (nSPS) is 20.8. The van der Waals surface area contributed by atoms with E-state index >= 15 is 0 Å². The van der Waals surface area contributed by atoms with E-state index in [1.807, 2.05) is 14.0 Å². The summed E-state index contributed by atoms with van der Waals surface area (Å²) < 4.78 is 5.56. The van der Waals surface area contributed by atoms with Crippen molar-refractivity contribution in [2.75, 3.05) is 38.7 Å². The molecule has 0 saturated carbocycles. The molecular formula is C26H38N6O2. The van der Waals surface area contributed by atoms with Crippen molar-refractivity contribution in [2.24, 2.45) is 5.16 Å². The molecule has 2 aromatic rings. The molecule has 1 aromatic heterocycles. The minimum atomic E-state index is -0.0545. The van der Waals surface area contributed by atoms with Crippen LogP contribution in [0.3, 0.4) is 0 Å². The average molecular weight is 467 g/mol. The Kier molecular flexibility index (Phi) is 8.13.